The first-order chi connectivity index (χ1) is 17.2. The van der Waals surface area contributed by atoms with Crippen LogP contribution in [0.5, 0.6) is 0 Å². The van der Waals surface area contributed by atoms with Gasteiger partial charge in [-0.2, -0.15) is 0 Å². The predicted molar refractivity (Wildman–Crippen MR) is 150 cm³/mol. The van der Waals surface area contributed by atoms with Gasteiger partial charge in [0, 0.05) is 30.2 Å². The lowest BCUT2D eigenvalue weighted by Crippen LogP contribution is -2.55. The first-order valence-corrected chi connectivity index (χ1v) is 12.4. The number of allylic oxidation sites excluding steroid dienone is 2. The Morgan fingerprint density at radius 2 is 1.86 bits per heavy atom. The molecule has 2 heterocycles. The molecule has 0 radical (unpaired) electrons. The van der Waals surface area contributed by atoms with Crippen LogP contribution in [0.4, 0.5) is 20.8 Å². The Morgan fingerprint density at radius 1 is 1.14 bits per heavy atom. The van der Waals surface area contributed by atoms with Crippen molar-refractivity contribution in [2.24, 2.45) is 0 Å². The molecule has 3 aromatic rings. The van der Waals surface area contributed by atoms with Gasteiger partial charge in [0.2, 0.25) is 0 Å². The number of thiocarbonyl (C=S) groups is 1. The number of carbonyl (C=O) groups excluding carboxylic acids is 1. The van der Waals surface area contributed by atoms with Gasteiger partial charge in [-0.15, -0.1) is 11.3 Å². The molecule has 1 N–H and O–H groups in total. The van der Waals surface area contributed by atoms with E-state index in [1.807, 2.05) is 49.4 Å². The molecule has 1 aliphatic rings. The Labute approximate surface area is 219 Å². The lowest BCUT2D eigenvalue weighted by Gasteiger charge is -2.37. The van der Waals surface area contributed by atoms with E-state index in [0.717, 1.165) is 26.8 Å². The number of para-hydroxylation sites is 1. The lowest BCUT2D eigenvalue weighted by atomic mass is 10.0. The number of halogens is 1. The number of hydrogen-bond acceptors (Lipinski definition) is 5. The van der Waals surface area contributed by atoms with E-state index in [-0.39, 0.29) is 22.4 Å². The average molecular weight is 520 g/mol. The Kier molecular flexibility index (Phi) is 7.49. The van der Waals surface area contributed by atoms with Gasteiger partial charge in [-0.25, -0.2) is 4.39 Å². The Balaban J connectivity index is 1.81. The number of anilines is 3. The highest BCUT2D eigenvalue weighted by atomic mass is 32.1. The van der Waals surface area contributed by atoms with Gasteiger partial charge in [-0.1, -0.05) is 43.0 Å². The van der Waals surface area contributed by atoms with E-state index in [4.69, 9.17) is 12.2 Å². The third-order valence-corrected chi connectivity index (χ3v) is 7.58. The van der Waals surface area contributed by atoms with Crippen LogP contribution in [0.25, 0.3) is 12.2 Å². The molecule has 1 saturated heterocycles. The summed E-state index contributed by atoms with van der Waals surface area (Å²) in [6.07, 6.45) is 5.60. The predicted octanol–water partition coefficient (Wildman–Crippen LogP) is 6.26. The second kappa shape index (κ2) is 10.6. The minimum Gasteiger partial charge on any atom is -0.369 e. The molecular weight excluding hydrogens is 493 g/mol. The van der Waals surface area contributed by atoms with Gasteiger partial charge in [0.1, 0.15) is 10.8 Å². The number of hydrogen-bond donors (Lipinski definition) is 1. The summed E-state index contributed by atoms with van der Waals surface area (Å²) in [6.45, 7) is 5.57. The molecule has 0 saturated carbocycles. The van der Waals surface area contributed by atoms with Gasteiger partial charge in [0.15, 0.2) is 11.3 Å². The number of thiophene rings is 1. The Bertz CT molecular complexity index is 1380. The normalized spacial score (nSPS) is 17.4. The highest BCUT2D eigenvalue weighted by molar-refractivity contribution is 7.80. The van der Waals surface area contributed by atoms with Crippen LogP contribution in [0.2, 0.25) is 0 Å². The Hall–Kier alpha value is -3.59. The summed E-state index contributed by atoms with van der Waals surface area (Å²) in [5.74, 6) is -0.650. The van der Waals surface area contributed by atoms with E-state index in [0.29, 0.717) is 5.56 Å². The summed E-state index contributed by atoms with van der Waals surface area (Å²) in [7, 11) is 3.24. The summed E-state index contributed by atoms with van der Waals surface area (Å²) >= 11 is 6.69. The van der Waals surface area contributed by atoms with Crippen molar-refractivity contribution >= 4 is 63.1 Å². The van der Waals surface area contributed by atoms with E-state index in [1.54, 1.807) is 44.5 Å². The van der Waals surface area contributed by atoms with Crippen molar-refractivity contribution in [1.29, 1.82) is 0 Å². The van der Waals surface area contributed by atoms with Gasteiger partial charge < -0.3 is 14.9 Å². The molecule has 0 unspecified atom stereocenters. The number of nitrogens with zero attached hydrogens (tertiary/aromatic N) is 3. The largest absolute Gasteiger partial charge is 0.369 e. The van der Waals surface area contributed by atoms with Crippen molar-refractivity contribution in [2.45, 2.75) is 13.2 Å². The molecule has 184 valence electrons. The molecular formula is C28H26FN3O2S2. The zero-order chi connectivity index (χ0) is 26.0. The lowest BCUT2D eigenvalue weighted by molar-refractivity contribution is -0.126. The molecule has 1 aromatic heterocycles. The number of rotatable bonds is 6. The fourth-order valence-electron chi connectivity index (χ4n) is 4.03. The van der Waals surface area contributed by atoms with E-state index < -0.39 is 6.23 Å². The molecule has 2 aromatic carbocycles. The second-order valence-corrected chi connectivity index (χ2v) is 9.74. The number of aliphatic hydroxyl groups excluding tert-OH is 1. The number of carbonyl (C=O) groups is 1. The van der Waals surface area contributed by atoms with Crippen LogP contribution in [0.1, 0.15) is 16.0 Å². The molecule has 1 fully saturated rings. The number of benzene rings is 2. The van der Waals surface area contributed by atoms with Gasteiger partial charge in [0.05, 0.1) is 11.3 Å². The molecule has 0 bridgehead atoms. The van der Waals surface area contributed by atoms with Crippen LogP contribution >= 0.6 is 23.6 Å². The first kappa shape index (κ1) is 25.5. The zero-order valence-corrected chi connectivity index (χ0v) is 21.8. The molecule has 36 heavy (non-hydrogen) atoms. The van der Waals surface area contributed by atoms with Gasteiger partial charge in [-0.05, 0) is 67.2 Å². The van der Waals surface area contributed by atoms with Crippen molar-refractivity contribution in [3.8, 4) is 0 Å². The van der Waals surface area contributed by atoms with E-state index in [2.05, 4.69) is 11.5 Å². The second-order valence-electron chi connectivity index (χ2n) is 8.28. The number of amides is 1. The summed E-state index contributed by atoms with van der Waals surface area (Å²) in [6, 6.07) is 16.9. The molecule has 4 rings (SSSR count). The van der Waals surface area contributed by atoms with E-state index in [1.165, 1.54) is 27.2 Å². The molecule has 5 nitrogen and oxygen atoms in total. The molecule has 8 heteroatoms. The first-order valence-electron chi connectivity index (χ1n) is 11.2. The number of aliphatic hydroxyl groups is 1. The van der Waals surface area contributed by atoms with Crippen LogP contribution < -0.4 is 4.90 Å². The van der Waals surface area contributed by atoms with Gasteiger partial charge in [0.25, 0.3) is 5.91 Å². The maximum atomic E-state index is 14.7. The third-order valence-electron chi connectivity index (χ3n) is 6.00. The van der Waals surface area contributed by atoms with Crippen LogP contribution in [-0.2, 0) is 4.79 Å². The molecule has 0 spiro atoms. The minimum absolute atomic E-state index is 0.239. The topological polar surface area (TPSA) is 47.0 Å². The van der Waals surface area contributed by atoms with E-state index >= 15 is 0 Å². The SMILES string of the molecule is C=C/C=C\c1c(F)ccc(N(c2ccccc2)c2ccc(/C=C3\C(=O)N(C)C(=S)N(C)[C@@H]3O)s2)c1C. The number of likely N-dealkylation sites (N-methyl/N-ethyl adjacent to an activating group) is 2. The fraction of sp³-hybridized carbons (Fsp3) is 0.143. The maximum Gasteiger partial charge on any atom is 0.260 e. The monoisotopic (exact) mass is 519 g/mol. The minimum atomic E-state index is -1.13. The van der Waals surface area contributed by atoms with Crippen LogP contribution in [-0.4, -0.2) is 46.2 Å². The van der Waals surface area contributed by atoms with Crippen LogP contribution in [0.3, 0.4) is 0 Å². The fourth-order valence-corrected chi connectivity index (χ4v) is 5.20. The van der Waals surface area contributed by atoms with Crippen molar-refractivity contribution in [2.75, 3.05) is 19.0 Å². The van der Waals surface area contributed by atoms with Crippen LogP contribution in [0, 0.1) is 12.7 Å². The maximum absolute atomic E-state index is 14.7. The van der Waals surface area contributed by atoms with E-state index in [9.17, 15) is 14.3 Å². The summed E-state index contributed by atoms with van der Waals surface area (Å²) < 4.78 is 14.7. The van der Waals surface area contributed by atoms with Gasteiger partial charge >= 0.3 is 0 Å². The molecule has 1 amide bonds. The highest BCUT2D eigenvalue weighted by Gasteiger charge is 2.35. The van der Waals surface area contributed by atoms with Crippen molar-refractivity contribution in [1.82, 2.24) is 9.80 Å². The Morgan fingerprint density at radius 3 is 2.56 bits per heavy atom. The molecule has 1 atom stereocenters. The van der Waals surface area contributed by atoms with Gasteiger partial charge in [-0.3, -0.25) is 9.69 Å². The summed E-state index contributed by atoms with van der Waals surface area (Å²) in [5, 5.41) is 11.8. The van der Waals surface area contributed by atoms with Crippen molar-refractivity contribution in [3.05, 3.63) is 101 Å². The van der Waals surface area contributed by atoms with Crippen LogP contribution in [0.15, 0.2) is 78.9 Å². The van der Waals surface area contributed by atoms with Crippen molar-refractivity contribution < 1.29 is 14.3 Å². The quantitative estimate of drug-likeness (QED) is 0.237. The summed E-state index contributed by atoms with van der Waals surface area (Å²) in [4.78, 5) is 18.5. The molecule has 1 aliphatic heterocycles. The third kappa shape index (κ3) is 4.75. The highest BCUT2D eigenvalue weighted by Crippen LogP contribution is 2.42. The van der Waals surface area contributed by atoms with Crippen molar-refractivity contribution in [3.63, 3.8) is 0 Å². The summed E-state index contributed by atoms with van der Waals surface area (Å²) in [5.41, 5.74) is 3.24. The standard InChI is InChI=1S/C28H26FN3O2S2/c1-5-6-12-21-18(2)24(15-14-23(21)29)32(19-10-8-7-9-11-19)25-16-13-20(36-25)17-22-26(33)30(3)28(35)31(4)27(22)34/h5-17,26,33H,1H2,2-4H3/b12-6-,22-17-/t26-/m1/s1. The smallest absolute Gasteiger partial charge is 0.260 e. The average Bonchev–Trinajstić information content (AvgIpc) is 3.34. The molecule has 0 aliphatic carbocycles. The zero-order valence-electron chi connectivity index (χ0n) is 20.2.